The minimum absolute atomic E-state index is 0.0481. The number of alkyl halides is 3. The molecule has 2 rings (SSSR count). The summed E-state index contributed by atoms with van der Waals surface area (Å²) in [5.41, 5.74) is -1.72. The van der Waals surface area contributed by atoms with Crippen molar-refractivity contribution in [2.45, 2.75) is 6.18 Å². The Hall–Kier alpha value is -2.49. The molecule has 1 aromatic carbocycles. The van der Waals surface area contributed by atoms with Gasteiger partial charge in [0.25, 0.3) is 0 Å². The summed E-state index contributed by atoms with van der Waals surface area (Å²) in [4.78, 5) is 26.0. The van der Waals surface area contributed by atoms with E-state index in [1.165, 1.54) is 6.20 Å². The molecule has 2 aromatic rings. The van der Waals surface area contributed by atoms with E-state index >= 15 is 0 Å². The molecule has 22 heavy (non-hydrogen) atoms. The molecule has 10 heteroatoms. The average Bonchev–Trinajstić information content (AvgIpc) is 2.87. The fourth-order valence-corrected chi connectivity index (χ4v) is 2.07. The number of aromatic nitrogens is 1. The van der Waals surface area contributed by atoms with E-state index in [1.54, 1.807) is 0 Å². The van der Waals surface area contributed by atoms with Crippen molar-refractivity contribution in [1.29, 1.82) is 0 Å². The standard InChI is InChI=1S/C12H7F4N3O2S/c13-8-2-1-6(12(14,15)16)3-9(8)18-10(21)19-11-17-4-7(5-20)22-11/h1-5H,(H2,17,18,19,21). The first-order valence-electron chi connectivity index (χ1n) is 5.65. The Morgan fingerprint density at radius 1 is 1.27 bits per heavy atom. The zero-order valence-corrected chi connectivity index (χ0v) is 11.4. The largest absolute Gasteiger partial charge is 0.416 e. The molecule has 0 radical (unpaired) electrons. The van der Waals surface area contributed by atoms with Crippen LogP contribution in [0.25, 0.3) is 0 Å². The minimum Gasteiger partial charge on any atom is -0.305 e. The number of carbonyl (C=O) groups is 2. The molecule has 1 aromatic heterocycles. The third-order valence-corrected chi connectivity index (χ3v) is 3.24. The SMILES string of the molecule is O=Cc1cnc(NC(=O)Nc2cc(C(F)(F)F)ccc2F)s1. The molecule has 0 aliphatic rings. The third-order valence-electron chi connectivity index (χ3n) is 2.40. The zero-order valence-electron chi connectivity index (χ0n) is 10.6. The Balaban J connectivity index is 2.12. The fourth-order valence-electron chi connectivity index (χ4n) is 1.45. The number of hydrogen-bond donors (Lipinski definition) is 2. The van der Waals surface area contributed by atoms with Gasteiger partial charge in [0.1, 0.15) is 5.82 Å². The van der Waals surface area contributed by atoms with E-state index in [0.717, 1.165) is 11.3 Å². The molecular weight excluding hydrogens is 326 g/mol. The number of nitrogens with zero attached hydrogens (tertiary/aromatic N) is 1. The molecule has 0 fully saturated rings. The highest BCUT2D eigenvalue weighted by Gasteiger charge is 2.31. The topological polar surface area (TPSA) is 71.1 Å². The molecule has 0 saturated heterocycles. The van der Waals surface area contributed by atoms with Crippen LogP contribution in [0.1, 0.15) is 15.2 Å². The summed E-state index contributed by atoms with van der Waals surface area (Å²) in [6.45, 7) is 0. The van der Waals surface area contributed by atoms with Gasteiger partial charge in [0.2, 0.25) is 0 Å². The summed E-state index contributed by atoms with van der Waals surface area (Å²) < 4.78 is 51.0. The maximum Gasteiger partial charge on any atom is 0.416 e. The molecular formula is C12H7F4N3O2S. The second-order valence-electron chi connectivity index (χ2n) is 3.96. The smallest absolute Gasteiger partial charge is 0.305 e. The van der Waals surface area contributed by atoms with Crippen LogP contribution in [0, 0.1) is 5.82 Å². The van der Waals surface area contributed by atoms with Crippen molar-refractivity contribution in [3.63, 3.8) is 0 Å². The maximum atomic E-state index is 13.4. The van der Waals surface area contributed by atoms with Crippen LogP contribution in [0.15, 0.2) is 24.4 Å². The number of carbonyl (C=O) groups excluding carboxylic acids is 2. The zero-order chi connectivity index (χ0) is 16.3. The number of nitrogens with one attached hydrogen (secondary N) is 2. The van der Waals surface area contributed by atoms with Gasteiger partial charge in [-0.2, -0.15) is 13.2 Å². The lowest BCUT2D eigenvalue weighted by Crippen LogP contribution is -2.20. The van der Waals surface area contributed by atoms with Crippen molar-refractivity contribution in [3.8, 4) is 0 Å². The molecule has 0 unspecified atom stereocenters. The number of benzene rings is 1. The van der Waals surface area contributed by atoms with E-state index in [9.17, 15) is 27.2 Å². The lowest BCUT2D eigenvalue weighted by Gasteiger charge is -2.11. The summed E-state index contributed by atoms with van der Waals surface area (Å²) in [6, 6.07) is 0.667. The first-order valence-corrected chi connectivity index (χ1v) is 6.47. The number of thiazole rings is 1. The van der Waals surface area contributed by atoms with Gasteiger partial charge >= 0.3 is 12.2 Å². The van der Waals surface area contributed by atoms with E-state index in [2.05, 4.69) is 10.3 Å². The average molecular weight is 333 g/mol. The van der Waals surface area contributed by atoms with Crippen LogP contribution in [-0.4, -0.2) is 17.3 Å². The number of aldehydes is 1. The van der Waals surface area contributed by atoms with E-state index in [4.69, 9.17) is 0 Å². The van der Waals surface area contributed by atoms with Gasteiger partial charge in [-0.25, -0.2) is 14.2 Å². The molecule has 0 bridgehead atoms. The number of urea groups is 1. The summed E-state index contributed by atoms with van der Waals surface area (Å²) in [5.74, 6) is -1.02. The molecule has 116 valence electrons. The van der Waals surface area contributed by atoms with Crippen molar-refractivity contribution in [1.82, 2.24) is 4.98 Å². The van der Waals surface area contributed by atoms with Crippen molar-refractivity contribution < 1.29 is 27.2 Å². The van der Waals surface area contributed by atoms with Crippen LogP contribution in [0.2, 0.25) is 0 Å². The van der Waals surface area contributed by atoms with Crippen molar-refractivity contribution >= 4 is 34.5 Å². The van der Waals surface area contributed by atoms with E-state index in [-0.39, 0.29) is 10.0 Å². The van der Waals surface area contributed by atoms with Gasteiger partial charge in [0, 0.05) is 0 Å². The predicted octanol–water partition coefficient (Wildman–Crippen LogP) is 3.76. The summed E-state index contributed by atoms with van der Waals surface area (Å²) in [5, 5.41) is 4.18. The molecule has 0 aliphatic carbocycles. The molecule has 0 saturated carbocycles. The highest BCUT2D eigenvalue weighted by atomic mass is 32.1. The van der Waals surface area contributed by atoms with Crippen LogP contribution < -0.4 is 10.6 Å². The highest BCUT2D eigenvalue weighted by Crippen LogP contribution is 2.31. The van der Waals surface area contributed by atoms with E-state index < -0.39 is 29.3 Å². The van der Waals surface area contributed by atoms with Crippen LogP contribution in [0.4, 0.5) is 33.2 Å². The Morgan fingerprint density at radius 2 is 2.00 bits per heavy atom. The lowest BCUT2D eigenvalue weighted by molar-refractivity contribution is -0.137. The van der Waals surface area contributed by atoms with Gasteiger partial charge in [0.05, 0.1) is 22.3 Å². The molecule has 1 heterocycles. The van der Waals surface area contributed by atoms with Gasteiger partial charge in [0.15, 0.2) is 11.4 Å². The van der Waals surface area contributed by atoms with Gasteiger partial charge < -0.3 is 5.32 Å². The Kier molecular flexibility index (Phi) is 4.40. The quantitative estimate of drug-likeness (QED) is 0.664. The summed E-state index contributed by atoms with van der Waals surface area (Å²) in [6.07, 6.45) is -2.93. The second-order valence-corrected chi connectivity index (χ2v) is 5.02. The number of halogens is 4. The van der Waals surface area contributed by atoms with Crippen molar-refractivity contribution in [3.05, 3.63) is 40.7 Å². The Bertz CT molecular complexity index is 715. The molecule has 0 aliphatic heterocycles. The molecule has 0 atom stereocenters. The molecule has 2 N–H and O–H groups in total. The van der Waals surface area contributed by atoms with Gasteiger partial charge in [-0.15, -0.1) is 0 Å². The van der Waals surface area contributed by atoms with E-state index in [0.29, 0.717) is 24.5 Å². The Morgan fingerprint density at radius 3 is 2.59 bits per heavy atom. The predicted molar refractivity (Wildman–Crippen MR) is 71.5 cm³/mol. The molecule has 2 amide bonds. The minimum atomic E-state index is -4.66. The first kappa shape index (κ1) is 15.9. The molecule has 0 spiro atoms. The first-order chi connectivity index (χ1) is 10.3. The summed E-state index contributed by atoms with van der Waals surface area (Å²) in [7, 11) is 0. The normalized spacial score (nSPS) is 11.1. The monoisotopic (exact) mass is 333 g/mol. The number of anilines is 2. The fraction of sp³-hybridized carbons (Fsp3) is 0.0833. The van der Waals surface area contributed by atoms with Crippen LogP contribution in [0.3, 0.4) is 0 Å². The van der Waals surface area contributed by atoms with Crippen LogP contribution in [-0.2, 0) is 6.18 Å². The maximum absolute atomic E-state index is 13.4. The van der Waals surface area contributed by atoms with E-state index in [1.807, 2.05) is 5.32 Å². The number of hydrogen-bond acceptors (Lipinski definition) is 4. The van der Waals surface area contributed by atoms with Crippen LogP contribution >= 0.6 is 11.3 Å². The second kappa shape index (κ2) is 6.10. The third kappa shape index (κ3) is 3.79. The van der Waals surface area contributed by atoms with Crippen LogP contribution in [0.5, 0.6) is 0 Å². The lowest BCUT2D eigenvalue weighted by atomic mass is 10.2. The van der Waals surface area contributed by atoms with Gasteiger partial charge in [-0.05, 0) is 18.2 Å². The highest BCUT2D eigenvalue weighted by molar-refractivity contribution is 7.17. The van der Waals surface area contributed by atoms with Gasteiger partial charge in [-0.1, -0.05) is 11.3 Å². The molecule has 5 nitrogen and oxygen atoms in total. The van der Waals surface area contributed by atoms with Gasteiger partial charge in [-0.3, -0.25) is 10.1 Å². The Labute approximate surface area is 125 Å². The summed E-state index contributed by atoms with van der Waals surface area (Å²) >= 11 is 0.859. The van der Waals surface area contributed by atoms with Crippen molar-refractivity contribution in [2.75, 3.05) is 10.6 Å². The van der Waals surface area contributed by atoms with Crippen molar-refractivity contribution in [2.24, 2.45) is 0 Å². The number of rotatable bonds is 3. The number of amides is 2.